The summed E-state index contributed by atoms with van der Waals surface area (Å²) in [6, 6.07) is 5.04. The van der Waals surface area contributed by atoms with E-state index in [0.717, 1.165) is 12.1 Å². The fourth-order valence-corrected chi connectivity index (χ4v) is 1.44. The summed E-state index contributed by atoms with van der Waals surface area (Å²) in [5, 5.41) is 2.17. The van der Waals surface area contributed by atoms with Crippen molar-refractivity contribution >= 4 is 24.5 Å². The second-order valence-electron chi connectivity index (χ2n) is 2.73. The van der Waals surface area contributed by atoms with Gasteiger partial charge in [0.05, 0.1) is 0 Å². The molecule has 0 aliphatic rings. The highest BCUT2D eigenvalue weighted by Gasteiger charge is 1.98. The van der Waals surface area contributed by atoms with Gasteiger partial charge < -0.3 is 19.7 Å². The van der Waals surface area contributed by atoms with Crippen LogP contribution in [0.4, 0.5) is 5.69 Å². The molecule has 1 rings (SSSR count). The van der Waals surface area contributed by atoms with Gasteiger partial charge in [0, 0.05) is 12.6 Å². The van der Waals surface area contributed by atoms with E-state index in [2.05, 4.69) is 5.32 Å². The Hall–Kier alpha value is -1.16. The molecule has 6 heteroatoms. The van der Waals surface area contributed by atoms with Gasteiger partial charge in [-0.05, 0) is 25.0 Å². The van der Waals surface area contributed by atoms with Crippen molar-refractivity contribution in [2.75, 3.05) is 5.32 Å². The summed E-state index contributed by atoms with van der Waals surface area (Å²) < 4.78 is 10.6. The number of carbonyl (C=O) groups excluding carboxylic acids is 1. The quantitative estimate of drug-likeness (QED) is 0.650. The van der Waals surface area contributed by atoms with Crippen molar-refractivity contribution in [2.45, 2.75) is 6.92 Å². The van der Waals surface area contributed by atoms with Crippen LogP contribution in [0, 0.1) is 0 Å². The van der Waals surface area contributed by atoms with Gasteiger partial charge in [0.15, 0.2) is 0 Å². The maximum atomic E-state index is 10.6. The van der Waals surface area contributed by atoms with Crippen LogP contribution in [-0.4, -0.2) is 5.91 Å². The molecule has 0 heterocycles. The van der Waals surface area contributed by atoms with Gasteiger partial charge in [0.25, 0.3) is 0 Å². The number of anilines is 1. The molecule has 0 saturated heterocycles. The summed E-state index contributed by atoms with van der Waals surface area (Å²) in [5.74, 6) is -0.259. The zero-order valence-electron chi connectivity index (χ0n) is 7.39. The van der Waals surface area contributed by atoms with Crippen LogP contribution in [0.25, 0.3) is 0 Å². The fraction of sp³-hybridized carbons (Fsp3) is 0.125. The minimum atomic E-state index is -4.68. The van der Waals surface area contributed by atoms with E-state index >= 15 is 0 Å². The maximum Gasteiger partial charge on any atom is 0.221 e. The molecule has 0 saturated carbocycles. The first-order valence-electron chi connectivity index (χ1n) is 3.80. The Morgan fingerprint density at radius 1 is 1.29 bits per heavy atom. The third-order valence-corrected chi connectivity index (χ3v) is 2.43. The first kappa shape index (κ1) is 10.9. The van der Waals surface area contributed by atoms with E-state index in [0.29, 0.717) is 5.69 Å². The lowest BCUT2D eigenvalue weighted by Gasteiger charge is -2.29. The number of amides is 1. The number of hydrogen-bond donors (Lipinski definition) is 1. The van der Waals surface area contributed by atoms with E-state index < -0.39 is 7.60 Å². The topological polar surface area (TPSA) is 92.3 Å². The smallest absolute Gasteiger partial charge is 0.221 e. The molecule has 1 amide bonds. The van der Waals surface area contributed by atoms with Gasteiger partial charge in [-0.25, -0.2) is 0 Å². The Morgan fingerprint density at radius 2 is 1.79 bits per heavy atom. The molecule has 0 atom stereocenters. The lowest BCUT2D eigenvalue weighted by molar-refractivity contribution is -0.307. The lowest BCUT2D eigenvalue weighted by atomic mass is 10.3. The Labute approximate surface area is 80.9 Å². The molecule has 76 valence electrons. The molecule has 1 N–H and O–H groups in total. The van der Waals surface area contributed by atoms with Crippen molar-refractivity contribution in [1.82, 2.24) is 0 Å². The fourth-order valence-electron chi connectivity index (χ4n) is 0.931. The molecule has 0 aromatic heterocycles. The first-order valence-corrected chi connectivity index (χ1v) is 5.34. The second kappa shape index (κ2) is 3.92. The van der Waals surface area contributed by atoms with Crippen molar-refractivity contribution in [3.05, 3.63) is 24.3 Å². The van der Waals surface area contributed by atoms with Crippen LogP contribution in [-0.2, 0) is 9.36 Å². The monoisotopic (exact) mass is 213 g/mol. The molecule has 0 radical (unpaired) electrons. The number of hydrogen-bond acceptors (Lipinski definition) is 4. The Morgan fingerprint density at radius 3 is 2.14 bits per heavy atom. The molecule has 5 nitrogen and oxygen atoms in total. The van der Waals surface area contributed by atoms with Gasteiger partial charge in [0.1, 0.15) is 0 Å². The van der Waals surface area contributed by atoms with E-state index in [9.17, 15) is 19.1 Å². The predicted octanol–water partition coefficient (Wildman–Crippen LogP) is -0.816. The van der Waals surface area contributed by atoms with E-state index in [1.54, 1.807) is 0 Å². The Bertz CT molecular complexity index is 381. The Kier molecular flexibility index (Phi) is 3.06. The standard InChI is InChI=1S/C8H10NO4P/c1-6(10)9-7-2-4-8(5-3-7)14(11,12)13/h2-5H,1H3,(H,9,10)(H2,11,12,13)/p-2. The summed E-state index contributed by atoms with van der Waals surface area (Å²) in [4.78, 5) is 31.7. The van der Waals surface area contributed by atoms with Crippen molar-refractivity contribution in [3.8, 4) is 0 Å². The molecule has 1 aromatic rings. The molecular weight excluding hydrogens is 205 g/mol. The SMILES string of the molecule is CC(=O)Nc1ccc(P(=O)([O-])[O-])cc1. The highest BCUT2D eigenvalue weighted by atomic mass is 31.2. The summed E-state index contributed by atoms with van der Waals surface area (Å²) in [5.41, 5.74) is 0.453. The third kappa shape index (κ3) is 2.96. The molecule has 1 aromatic carbocycles. The van der Waals surface area contributed by atoms with Crippen LogP contribution >= 0.6 is 7.60 Å². The van der Waals surface area contributed by atoms with E-state index in [1.807, 2.05) is 0 Å². The van der Waals surface area contributed by atoms with Crippen molar-refractivity contribution in [1.29, 1.82) is 0 Å². The highest BCUT2D eigenvalue weighted by molar-refractivity contribution is 7.57. The van der Waals surface area contributed by atoms with Gasteiger partial charge in [-0.2, -0.15) is 0 Å². The van der Waals surface area contributed by atoms with E-state index in [1.165, 1.54) is 19.1 Å². The Balaban J connectivity index is 2.89. The molecular formula is C8H8NO4P-2. The number of rotatable bonds is 2. The number of carbonyl (C=O) groups is 1. The first-order chi connectivity index (χ1) is 6.39. The summed E-state index contributed by atoms with van der Waals surface area (Å²) in [6.07, 6.45) is 0. The van der Waals surface area contributed by atoms with Gasteiger partial charge >= 0.3 is 0 Å². The van der Waals surface area contributed by atoms with Crippen LogP contribution in [0.5, 0.6) is 0 Å². The second-order valence-corrected chi connectivity index (χ2v) is 4.24. The van der Waals surface area contributed by atoms with E-state index in [-0.39, 0.29) is 11.2 Å². The molecule has 0 aliphatic heterocycles. The van der Waals surface area contributed by atoms with Gasteiger partial charge in [-0.15, -0.1) is 0 Å². The van der Waals surface area contributed by atoms with Crippen molar-refractivity contribution < 1.29 is 19.1 Å². The zero-order valence-corrected chi connectivity index (χ0v) is 8.28. The average molecular weight is 213 g/mol. The maximum absolute atomic E-state index is 10.6. The van der Waals surface area contributed by atoms with Gasteiger partial charge in [-0.1, -0.05) is 12.1 Å². The molecule has 0 bridgehead atoms. The van der Waals surface area contributed by atoms with Gasteiger partial charge in [-0.3, -0.25) is 4.79 Å². The van der Waals surface area contributed by atoms with Crippen LogP contribution < -0.4 is 20.4 Å². The highest BCUT2D eigenvalue weighted by Crippen LogP contribution is 2.22. The van der Waals surface area contributed by atoms with Crippen LogP contribution in [0.3, 0.4) is 0 Å². The van der Waals surface area contributed by atoms with Crippen molar-refractivity contribution in [2.24, 2.45) is 0 Å². The van der Waals surface area contributed by atoms with Crippen LogP contribution in [0.1, 0.15) is 6.92 Å². The van der Waals surface area contributed by atoms with Crippen molar-refractivity contribution in [3.63, 3.8) is 0 Å². The molecule has 14 heavy (non-hydrogen) atoms. The minimum Gasteiger partial charge on any atom is -0.807 e. The largest absolute Gasteiger partial charge is 0.807 e. The zero-order chi connectivity index (χ0) is 10.8. The minimum absolute atomic E-state index is 0.259. The summed E-state index contributed by atoms with van der Waals surface area (Å²) in [7, 11) is -4.68. The molecule has 0 spiro atoms. The van der Waals surface area contributed by atoms with Crippen LogP contribution in [0.15, 0.2) is 24.3 Å². The normalized spacial score (nSPS) is 11.1. The average Bonchev–Trinajstić information content (AvgIpc) is 2.02. The third-order valence-electron chi connectivity index (χ3n) is 1.50. The molecule has 0 fully saturated rings. The number of nitrogens with one attached hydrogen (secondary N) is 1. The molecule has 0 unspecified atom stereocenters. The predicted molar refractivity (Wildman–Crippen MR) is 48.0 cm³/mol. The molecule has 0 aliphatic carbocycles. The van der Waals surface area contributed by atoms with Gasteiger partial charge in [0.2, 0.25) is 5.91 Å². The lowest BCUT2D eigenvalue weighted by Crippen LogP contribution is -2.24. The number of benzene rings is 1. The summed E-state index contributed by atoms with van der Waals surface area (Å²) in [6.45, 7) is 1.33. The van der Waals surface area contributed by atoms with Crippen LogP contribution in [0.2, 0.25) is 0 Å². The summed E-state index contributed by atoms with van der Waals surface area (Å²) >= 11 is 0. The van der Waals surface area contributed by atoms with E-state index in [4.69, 9.17) is 0 Å².